The number of hydrogen-bond acceptors (Lipinski definition) is 3. The number of rotatable bonds is 3. The van der Waals surface area contributed by atoms with E-state index in [1.54, 1.807) is 6.92 Å². The lowest BCUT2D eigenvalue weighted by Gasteiger charge is -2.33. The van der Waals surface area contributed by atoms with Gasteiger partial charge in [-0.3, -0.25) is 4.79 Å². The number of nitrogens with one attached hydrogen (secondary N) is 1. The van der Waals surface area contributed by atoms with Crippen LogP contribution in [0, 0.1) is 11.6 Å². The van der Waals surface area contributed by atoms with Gasteiger partial charge in [-0.05, 0) is 31.9 Å². The molecule has 1 heterocycles. The molecule has 1 aromatic rings. The first kappa shape index (κ1) is 17.5. The minimum atomic E-state index is -1.13. The number of halogens is 3. The summed E-state index contributed by atoms with van der Waals surface area (Å²) in [7, 11) is 0. The van der Waals surface area contributed by atoms with Gasteiger partial charge in [0.15, 0.2) is 11.6 Å². The normalized spacial score (nSPS) is 17.7. The van der Waals surface area contributed by atoms with Crippen molar-refractivity contribution >= 4 is 23.6 Å². The Balaban J connectivity index is 2.07. The molecular weight excluding hydrogens is 330 g/mol. The maximum atomic E-state index is 13.3. The fourth-order valence-electron chi connectivity index (χ4n) is 2.48. The Bertz CT molecular complexity index is 613. The number of carbonyl (C=O) groups is 2. The molecule has 1 aromatic carbocycles. The van der Waals surface area contributed by atoms with Crippen LogP contribution in [-0.4, -0.2) is 42.6 Å². The number of likely N-dealkylation sites (tertiary alicyclic amines) is 1. The number of nitrogens with zero attached hydrogens (tertiary/aromatic N) is 1. The van der Waals surface area contributed by atoms with E-state index in [0.29, 0.717) is 19.4 Å². The fourth-order valence-corrected chi connectivity index (χ4v) is 2.71. The van der Waals surface area contributed by atoms with Gasteiger partial charge in [0.2, 0.25) is 0 Å². The number of amides is 2. The van der Waals surface area contributed by atoms with Gasteiger partial charge in [0, 0.05) is 19.1 Å². The van der Waals surface area contributed by atoms with E-state index in [9.17, 15) is 18.4 Å². The van der Waals surface area contributed by atoms with Crippen molar-refractivity contribution in [2.45, 2.75) is 25.8 Å². The molecule has 0 aromatic heterocycles. The van der Waals surface area contributed by atoms with Crippen molar-refractivity contribution in [2.75, 3.05) is 19.7 Å². The Hall–Kier alpha value is -1.89. The lowest BCUT2D eigenvalue weighted by Crippen LogP contribution is -2.49. The highest BCUT2D eigenvalue weighted by Crippen LogP contribution is 2.23. The van der Waals surface area contributed by atoms with Crippen molar-refractivity contribution in [2.24, 2.45) is 0 Å². The Kier molecular flexibility index (Phi) is 5.76. The van der Waals surface area contributed by atoms with E-state index < -0.39 is 23.6 Å². The number of ether oxygens (including phenoxy) is 1. The van der Waals surface area contributed by atoms with Gasteiger partial charge in [0.25, 0.3) is 5.91 Å². The third-order valence-corrected chi connectivity index (χ3v) is 3.86. The molecule has 126 valence electrons. The SMILES string of the molecule is CCOC(=O)N[C@H]1CCCN(C(=O)c2cc(F)c(F)cc2Cl)C1. The fraction of sp³-hybridized carbons (Fsp3) is 0.467. The quantitative estimate of drug-likeness (QED) is 0.856. The largest absolute Gasteiger partial charge is 0.450 e. The summed E-state index contributed by atoms with van der Waals surface area (Å²) in [6.45, 7) is 2.66. The lowest BCUT2D eigenvalue weighted by atomic mass is 10.0. The molecule has 0 spiro atoms. The van der Waals surface area contributed by atoms with Crippen LogP contribution < -0.4 is 5.32 Å². The number of piperidine rings is 1. The van der Waals surface area contributed by atoms with Crippen molar-refractivity contribution in [3.05, 3.63) is 34.4 Å². The van der Waals surface area contributed by atoms with Gasteiger partial charge in [0.1, 0.15) is 0 Å². The molecule has 0 unspecified atom stereocenters. The summed E-state index contributed by atoms with van der Waals surface area (Å²) >= 11 is 5.83. The second-order valence-corrected chi connectivity index (χ2v) is 5.61. The van der Waals surface area contributed by atoms with E-state index in [0.717, 1.165) is 12.1 Å². The van der Waals surface area contributed by atoms with E-state index in [-0.39, 0.29) is 29.8 Å². The van der Waals surface area contributed by atoms with Crippen molar-refractivity contribution in [1.82, 2.24) is 10.2 Å². The highest BCUT2D eigenvalue weighted by Gasteiger charge is 2.27. The van der Waals surface area contributed by atoms with Gasteiger partial charge in [-0.15, -0.1) is 0 Å². The molecule has 1 saturated heterocycles. The maximum absolute atomic E-state index is 13.3. The molecule has 1 fully saturated rings. The Morgan fingerprint density at radius 2 is 2.09 bits per heavy atom. The topological polar surface area (TPSA) is 58.6 Å². The standard InChI is InChI=1S/C15H17ClF2N2O3/c1-2-23-15(22)19-9-4-3-5-20(8-9)14(21)10-6-12(17)13(18)7-11(10)16/h6-7,9H,2-5,8H2,1H3,(H,19,22)/t9-/m0/s1. The highest BCUT2D eigenvalue weighted by atomic mass is 35.5. The van der Waals surface area contributed by atoms with E-state index >= 15 is 0 Å². The highest BCUT2D eigenvalue weighted by molar-refractivity contribution is 6.33. The molecule has 2 rings (SSSR count). The average Bonchev–Trinajstić information content (AvgIpc) is 2.50. The number of carbonyl (C=O) groups excluding carboxylic acids is 2. The molecule has 1 N–H and O–H groups in total. The zero-order valence-electron chi connectivity index (χ0n) is 12.6. The minimum absolute atomic E-state index is 0.0950. The first-order valence-corrected chi connectivity index (χ1v) is 7.67. The van der Waals surface area contributed by atoms with Crippen molar-refractivity contribution in [1.29, 1.82) is 0 Å². The van der Waals surface area contributed by atoms with E-state index in [1.807, 2.05) is 0 Å². The molecule has 2 amide bonds. The summed E-state index contributed by atoms with van der Waals surface area (Å²) in [5.74, 6) is -2.73. The average molecular weight is 347 g/mol. The van der Waals surface area contributed by atoms with Crippen LogP contribution in [0.3, 0.4) is 0 Å². The van der Waals surface area contributed by atoms with E-state index in [2.05, 4.69) is 5.32 Å². The molecule has 23 heavy (non-hydrogen) atoms. The molecule has 1 atom stereocenters. The van der Waals surface area contributed by atoms with Crippen LogP contribution >= 0.6 is 11.6 Å². The van der Waals surface area contributed by atoms with Crippen LogP contribution in [0.2, 0.25) is 5.02 Å². The van der Waals surface area contributed by atoms with E-state index in [4.69, 9.17) is 16.3 Å². The molecule has 8 heteroatoms. The van der Waals surface area contributed by atoms with Gasteiger partial charge >= 0.3 is 6.09 Å². The number of alkyl carbamates (subject to hydrolysis) is 1. The summed E-state index contributed by atoms with van der Waals surface area (Å²) in [4.78, 5) is 25.4. The van der Waals surface area contributed by atoms with Gasteiger partial charge < -0.3 is 15.0 Å². The first-order chi connectivity index (χ1) is 10.9. The van der Waals surface area contributed by atoms with Gasteiger partial charge in [-0.1, -0.05) is 11.6 Å². The number of benzene rings is 1. The van der Waals surface area contributed by atoms with Crippen molar-refractivity contribution in [3.63, 3.8) is 0 Å². The van der Waals surface area contributed by atoms with Crippen LogP contribution in [0.4, 0.5) is 13.6 Å². The molecule has 0 saturated carbocycles. The molecule has 5 nitrogen and oxygen atoms in total. The van der Waals surface area contributed by atoms with Crippen molar-refractivity contribution < 1.29 is 23.1 Å². The molecular formula is C15H17ClF2N2O3. The Labute approximate surface area is 137 Å². The minimum Gasteiger partial charge on any atom is -0.450 e. The van der Waals surface area contributed by atoms with Crippen LogP contribution in [-0.2, 0) is 4.74 Å². The zero-order chi connectivity index (χ0) is 17.0. The van der Waals surface area contributed by atoms with Crippen LogP contribution in [0.15, 0.2) is 12.1 Å². The summed E-state index contributed by atoms with van der Waals surface area (Å²) < 4.78 is 31.2. The van der Waals surface area contributed by atoms with E-state index in [1.165, 1.54) is 4.90 Å². The maximum Gasteiger partial charge on any atom is 0.407 e. The first-order valence-electron chi connectivity index (χ1n) is 7.29. The molecule has 0 aliphatic carbocycles. The van der Waals surface area contributed by atoms with Crippen molar-refractivity contribution in [3.8, 4) is 0 Å². The summed E-state index contributed by atoms with van der Waals surface area (Å²) in [5.41, 5.74) is -0.0950. The lowest BCUT2D eigenvalue weighted by molar-refractivity contribution is 0.0685. The summed E-state index contributed by atoms with van der Waals surface area (Å²) in [5, 5.41) is 2.53. The monoisotopic (exact) mass is 346 g/mol. The van der Waals surface area contributed by atoms with Gasteiger partial charge in [0.05, 0.1) is 17.2 Å². The van der Waals surface area contributed by atoms with Crippen LogP contribution in [0.5, 0.6) is 0 Å². The third-order valence-electron chi connectivity index (χ3n) is 3.55. The summed E-state index contributed by atoms with van der Waals surface area (Å²) in [6, 6.07) is 1.32. The second kappa shape index (κ2) is 7.59. The number of hydrogen-bond donors (Lipinski definition) is 1. The van der Waals surface area contributed by atoms with Crippen LogP contribution in [0.1, 0.15) is 30.1 Å². The van der Waals surface area contributed by atoms with Gasteiger partial charge in [-0.2, -0.15) is 0 Å². The summed E-state index contributed by atoms with van der Waals surface area (Å²) in [6.07, 6.45) is 0.829. The predicted octanol–water partition coefficient (Wildman–Crippen LogP) is 2.97. The predicted molar refractivity (Wildman–Crippen MR) is 80.5 cm³/mol. The van der Waals surface area contributed by atoms with Gasteiger partial charge in [-0.25, -0.2) is 13.6 Å². The van der Waals surface area contributed by atoms with Crippen LogP contribution in [0.25, 0.3) is 0 Å². The zero-order valence-corrected chi connectivity index (χ0v) is 13.3. The molecule has 0 bridgehead atoms. The second-order valence-electron chi connectivity index (χ2n) is 5.20. The Morgan fingerprint density at radius 1 is 1.39 bits per heavy atom. The smallest absolute Gasteiger partial charge is 0.407 e. The Morgan fingerprint density at radius 3 is 2.78 bits per heavy atom. The molecule has 0 radical (unpaired) electrons. The third kappa shape index (κ3) is 4.31. The molecule has 1 aliphatic heterocycles. The molecule has 1 aliphatic rings.